The molecule has 1 aromatic heterocycles. The highest BCUT2D eigenvalue weighted by Crippen LogP contribution is 2.37. The Morgan fingerprint density at radius 3 is 2.55 bits per heavy atom. The number of halogens is 2. The zero-order valence-corrected chi connectivity index (χ0v) is 18.3. The van der Waals surface area contributed by atoms with E-state index in [9.17, 15) is 26.8 Å². The van der Waals surface area contributed by atoms with Crippen LogP contribution in [-0.4, -0.2) is 37.1 Å². The van der Waals surface area contributed by atoms with Gasteiger partial charge in [-0.3, -0.25) is 14.3 Å². The van der Waals surface area contributed by atoms with E-state index < -0.39 is 21.7 Å². The van der Waals surface area contributed by atoms with Gasteiger partial charge in [-0.2, -0.15) is 9.78 Å². The predicted molar refractivity (Wildman–Crippen MR) is 115 cm³/mol. The molecule has 0 unspecified atom stereocenters. The molecule has 2 aromatic carbocycles. The fraction of sp³-hybridized carbons (Fsp3) is 0.190. The van der Waals surface area contributed by atoms with Crippen LogP contribution in [0, 0.1) is 18.6 Å². The van der Waals surface area contributed by atoms with Gasteiger partial charge < -0.3 is 10.1 Å². The van der Waals surface area contributed by atoms with Crippen LogP contribution in [0.25, 0.3) is 11.1 Å². The average Bonchev–Trinajstić information content (AvgIpc) is 3.02. The maximum atomic E-state index is 13.5. The summed E-state index contributed by atoms with van der Waals surface area (Å²) in [6, 6.07) is 6.83. The van der Waals surface area contributed by atoms with Gasteiger partial charge in [-0.25, -0.2) is 17.2 Å². The van der Waals surface area contributed by atoms with Crippen molar-refractivity contribution in [3.05, 3.63) is 53.7 Å². The van der Waals surface area contributed by atoms with Gasteiger partial charge in [-0.1, -0.05) is 6.07 Å². The molecule has 0 spiro atoms. The van der Waals surface area contributed by atoms with E-state index in [0.29, 0.717) is 22.9 Å². The molecular formula is C21H18F2N4O5S. The van der Waals surface area contributed by atoms with Crippen LogP contribution in [0.3, 0.4) is 0 Å². The van der Waals surface area contributed by atoms with Crippen molar-refractivity contribution >= 4 is 33.3 Å². The van der Waals surface area contributed by atoms with Gasteiger partial charge >= 0.3 is 0 Å². The zero-order chi connectivity index (χ0) is 23.9. The lowest BCUT2D eigenvalue weighted by atomic mass is 10.1. The largest absolute Gasteiger partial charge is 0.495 e. The quantitative estimate of drug-likeness (QED) is 0.583. The number of rotatable bonds is 5. The molecule has 4 rings (SSSR count). The van der Waals surface area contributed by atoms with Gasteiger partial charge in [0.05, 0.1) is 18.5 Å². The van der Waals surface area contributed by atoms with Gasteiger partial charge in [0, 0.05) is 24.5 Å². The lowest BCUT2D eigenvalue weighted by Crippen LogP contribution is -2.15. The lowest BCUT2D eigenvalue weighted by molar-refractivity contribution is -0.116. The minimum Gasteiger partial charge on any atom is -0.495 e. The first kappa shape index (κ1) is 22.4. The number of hydrogen-bond acceptors (Lipinski definition) is 6. The lowest BCUT2D eigenvalue weighted by Gasteiger charge is -2.14. The number of nitrogens with zero attached hydrogens (tertiary/aromatic N) is 2. The molecule has 0 radical (unpaired) electrons. The molecule has 33 heavy (non-hydrogen) atoms. The van der Waals surface area contributed by atoms with E-state index in [1.807, 2.05) is 0 Å². The fourth-order valence-corrected chi connectivity index (χ4v) is 4.75. The number of aryl methyl sites for hydroxylation is 1. The van der Waals surface area contributed by atoms with Crippen molar-refractivity contribution in [1.29, 1.82) is 0 Å². The van der Waals surface area contributed by atoms with Crippen molar-refractivity contribution in [2.75, 3.05) is 17.1 Å². The Kier molecular flexibility index (Phi) is 5.62. The van der Waals surface area contributed by atoms with Gasteiger partial charge in [0.2, 0.25) is 11.8 Å². The first-order valence-corrected chi connectivity index (χ1v) is 11.2. The van der Waals surface area contributed by atoms with Crippen LogP contribution in [0.5, 0.6) is 5.75 Å². The van der Waals surface area contributed by atoms with E-state index >= 15 is 0 Å². The minimum absolute atomic E-state index is 0.00106. The summed E-state index contributed by atoms with van der Waals surface area (Å²) < 4.78 is 61.4. The minimum atomic E-state index is -4.31. The Balaban J connectivity index is 1.82. The molecule has 172 valence electrons. The molecule has 3 aromatic rings. The molecule has 0 saturated carbocycles. The van der Waals surface area contributed by atoms with Gasteiger partial charge in [-0.05, 0) is 36.8 Å². The molecule has 2 heterocycles. The van der Waals surface area contributed by atoms with Crippen molar-refractivity contribution in [3.63, 3.8) is 0 Å². The van der Waals surface area contributed by atoms with E-state index in [-0.39, 0.29) is 46.8 Å². The molecule has 1 aliphatic heterocycles. The molecule has 0 saturated heterocycles. The Bertz CT molecular complexity index is 1400. The monoisotopic (exact) mass is 476 g/mol. The van der Waals surface area contributed by atoms with Crippen molar-refractivity contribution < 1.29 is 31.5 Å². The second-order valence-corrected chi connectivity index (χ2v) is 8.91. The standard InChI is InChI=1S/C21H18F2N4O5S/c1-11-20(21-24-18(28)7-8-19(29)27(21)25-11)12-3-6-16(32-2)17(9-12)33(30,31)26-13-4-5-14(22)15(23)10-13/h3-6,9-10,26H,7-8H2,1-2H3,(H,24,28). The third-order valence-corrected chi connectivity index (χ3v) is 6.44. The molecule has 12 heteroatoms. The number of carbonyl (C=O) groups excluding carboxylic acids is 2. The Hall–Kier alpha value is -3.80. The highest BCUT2D eigenvalue weighted by molar-refractivity contribution is 7.92. The van der Waals surface area contributed by atoms with Crippen molar-refractivity contribution in [2.45, 2.75) is 24.7 Å². The van der Waals surface area contributed by atoms with E-state index in [2.05, 4.69) is 15.1 Å². The molecule has 2 N–H and O–H groups in total. The van der Waals surface area contributed by atoms with Crippen LogP contribution in [0.15, 0.2) is 41.3 Å². The van der Waals surface area contributed by atoms with Crippen LogP contribution in [0.2, 0.25) is 0 Å². The number of fused-ring (bicyclic) bond motifs is 1. The number of benzene rings is 2. The summed E-state index contributed by atoms with van der Waals surface area (Å²) >= 11 is 0. The highest BCUT2D eigenvalue weighted by Gasteiger charge is 2.28. The topological polar surface area (TPSA) is 119 Å². The normalized spacial score (nSPS) is 13.8. The average molecular weight is 476 g/mol. The van der Waals surface area contributed by atoms with Crippen molar-refractivity contribution in [2.24, 2.45) is 0 Å². The Morgan fingerprint density at radius 1 is 1.09 bits per heavy atom. The van der Waals surface area contributed by atoms with E-state index in [4.69, 9.17) is 4.74 Å². The second-order valence-electron chi connectivity index (χ2n) is 7.26. The van der Waals surface area contributed by atoms with Gasteiger partial charge in [0.15, 0.2) is 11.6 Å². The number of ether oxygens (including phenoxy) is 1. The smallest absolute Gasteiger partial charge is 0.265 e. The number of methoxy groups -OCH3 is 1. The van der Waals surface area contributed by atoms with E-state index in [1.165, 1.54) is 19.2 Å². The van der Waals surface area contributed by atoms with Crippen molar-refractivity contribution in [1.82, 2.24) is 9.78 Å². The van der Waals surface area contributed by atoms with Crippen LogP contribution >= 0.6 is 0 Å². The SMILES string of the molecule is COc1ccc(-c2c(C)nn3c2NC(=O)CCC3=O)cc1S(=O)(=O)Nc1ccc(F)c(F)c1. The molecule has 9 nitrogen and oxygen atoms in total. The summed E-state index contributed by atoms with van der Waals surface area (Å²) in [6.45, 7) is 1.62. The maximum Gasteiger partial charge on any atom is 0.265 e. The third-order valence-electron chi connectivity index (χ3n) is 5.03. The number of aromatic nitrogens is 2. The summed E-state index contributed by atoms with van der Waals surface area (Å²) in [6.07, 6.45) is -0.0130. The number of nitrogens with one attached hydrogen (secondary N) is 2. The molecule has 0 aliphatic carbocycles. The molecule has 1 aliphatic rings. The molecule has 0 fully saturated rings. The van der Waals surface area contributed by atoms with Crippen LogP contribution < -0.4 is 14.8 Å². The summed E-state index contributed by atoms with van der Waals surface area (Å²) in [4.78, 5) is 24.1. The fourth-order valence-electron chi connectivity index (χ4n) is 3.50. The Morgan fingerprint density at radius 2 is 1.85 bits per heavy atom. The van der Waals surface area contributed by atoms with Gasteiger partial charge in [-0.15, -0.1) is 0 Å². The van der Waals surface area contributed by atoms with Crippen LogP contribution in [0.1, 0.15) is 23.3 Å². The van der Waals surface area contributed by atoms with E-state index in [1.54, 1.807) is 13.0 Å². The molecule has 0 atom stereocenters. The molecule has 1 amide bonds. The molecular weight excluding hydrogens is 458 g/mol. The molecule has 0 bridgehead atoms. The predicted octanol–water partition coefficient (Wildman–Crippen LogP) is 3.32. The third kappa shape index (κ3) is 4.16. The number of amides is 1. The summed E-state index contributed by atoms with van der Waals surface area (Å²) in [5, 5.41) is 6.85. The zero-order valence-electron chi connectivity index (χ0n) is 17.5. The summed E-state index contributed by atoms with van der Waals surface area (Å²) in [7, 11) is -3.03. The second kappa shape index (κ2) is 8.28. The van der Waals surface area contributed by atoms with Crippen LogP contribution in [-0.2, 0) is 14.8 Å². The van der Waals surface area contributed by atoms with Gasteiger partial charge in [0.25, 0.3) is 10.0 Å². The highest BCUT2D eigenvalue weighted by atomic mass is 32.2. The van der Waals surface area contributed by atoms with E-state index in [0.717, 1.165) is 16.8 Å². The first-order chi connectivity index (χ1) is 15.6. The number of anilines is 2. The van der Waals surface area contributed by atoms with Gasteiger partial charge in [0.1, 0.15) is 16.5 Å². The summed E-state index contributed by atoms with van der Waals surface area (Å²) in [5.74, 6) is -2.95. The Labute approximate surface area is 187 Å². The number of carbonyl (C=O) groups is 2. The van der Waals surface area contributed by atoms with Crippen LogP contribution in [0.4, 0.5) is 20.3 Å². The summed E-state index contributed by atoms with van der Waals surface area (Å²) in [5.41, 5.74) is 0.915. The van der Waals surface area contributed by atoms with Crippen molar-refractivity contribution in [3.8, 4) is 16.9 Å². The number of sulfonamides is 1. The maximum absolute atomic E-state index is 13.5. The first-order valence-electron chi connectivity index (χ1n) is 9.69. The number of hydrogen-bond donors (Lipinski definition) is 2.